The molecule has 0 fully saturated rings. The van der Waals surface area contributed by atoms with Crippen LogP contribution in [-0.4, -0.2) is 38.8 Å². The van der Waals surface area contributed by atoms with Gasteiger partial charge in [-0.1, -0.05) is 0 Å². The Morgan fingerprint density at radius 1 is 1.73 bits per heavy atom. The average molecular weight is 232 g/mol. The highest BCUT2D eigenvalue weighted by molar-refractivity contribution is 7.84. The van der Waals surface area contributed by atoms with Gasteiger partial charge < -0.3 is 14.8 Å². The lowest BCUT2D eigenvalue weighted by molar-refractivity contribution is 0.0690. The topological polar surface area (TPSA) is 92.4 Å². The van der Waals surface area contributed by atoms with Crippen LogP contribution in [0.15, 0.2) is 10.7 Å². The van der Waals surface area contributed by atoms with Crippen molar-refractivity contribution in [3.8, 4) is 0 Å². The van der Waals surface area contributed by atoms with Crippen molar-refractivity contribution in [3.63, 3.8) is 0 Å². The Hall–Kier alpha value is -1.37. The molecule has 1 unspecified atom stereocenters. The van der Waals surface area contributed by atoms with Gasteiger partial charge in [-0.25, -0.2) is 4.79 Å². The zero-order valence-corrected chi connectivity index (χ0v) is 9.04. The minimum Gasteiger partial charge on any atom is -0.476 e. The van der Waals surface area contributed by atoms with Crippen LogP contribution in [0.5, 0.6) is 0 Å². The van der Waals surface area contributed by atoms with Crippen molar-refractivity contribution in [1.29, 1.82) is 0 Å². The van der Waals surface area contributed by atoms with Gasteiger partial charge in [0.25, 0.3) is 6.01 Å². The zero-order valence-electron chi connectivity index (χ0n) is 8.23. The first kappa shape index (κ1) is 11.7. The Morgan fingerprint density at radius 3 is 3.00 bits per heavy atom. The van der Waals surface area contributed by atoms with Gasteiger partial charge in [0.15, 0.2) is 5.69 Å². The summed E-state index contributed by atoms with van der Waals surface area (Å²) in [5.41, 5.74) is -0.128. The van der Waals surface area contributed by atoms with Crippen molar-refractivity contribution in [3.05, 3.63) is 12.0 Å². The highest BCUT2D eigenvalue weighted by atomic mass is 32.2. The van der Waals surface area contributed by atoms with Crippen LogP contribution in [0.1, 0.15) is 16.9 Å². The standard InChI is InChI=1S/C8H12N2O4S/c1-15(13)4-2-3-9-8-10-6(5-14-8)7(11)12/h5H,2-4H2,1H3,(H,9,10)(H,11,12). The van der Waals surface area contributed by atoms with Crippen LogP contribution >= 0.6 is 0 Å². The minimum absolute atomic E-state index is 0.128. The Morgan fingerprint density at radius 2 is 2.47 bits per heavy atom. The van der Waals surface area contributed by atoms with Crippen LogP contribution in [0, 0.1) is 0 Å². The smallest absolute Gasteiger partial charge is 0.357 e. The molecule has 0 saturated heterocycles. The second-order valence-corrected chi connectivity index (χ2v) is 4.46. The summed E-state index contributed by atoms with van der Waals surface area (Å²) in [5.74, 6) is -0.527. The summed E-state index contributed by atoms with van der Waals surface area (Å²) in [7, 11) is -0.811. The summed E-state index contributed by atoms with van der Waals surface area (Å²) in [4.78, 5) is 14.1. The van der Waals surface area contributed by atoms with Crippen LogP contribution in [0.3, 0.4) is 0 Å². The second-order valence-electron chi connectivity index (χ2n) is 2.90. The van der Waals surface area contributed by atoms with Gasteiger partial charge in [0.1, 0.15) is 6.26 Å². The van der Waals surface area contributed by atoms with E-state index in [-0.39, 0.29) is 11.7 Å². The molecule has 0 spiro atoms. The fraction of sp³-hybridized carbons (Fsp3) is 0.500. The highest BCUT2D eigenvalue weighted by Crippen LogP contribution is 2.06. The van der Waals surface area contributed by atoms with Crippen LogP contribution in [0.2, 0.25) is 0 Å². The van der Waals surface area contributed by atoms with E-state index in [0.29, 0.717) is 18.7 Å². The highest BCUT2D eigenvalue weighted by Gasteiger charge is 2.09. The lowest BCUT2D eigenvalue weighted by atomic mass is 10.5. The minimum atomic E-state index is -1.12. The fourth-order valence-electron chi connectivity index (χ4n) is 0.924. The molecule has 0 radical (unpaired) electrons. The number of aromatic carboxylic acids is 1. The van der Waals surface area contributed by atoms with Crippen LogP contribution in [-0.2, 0) is 10.8 Å². The molecule has 15 heavy (non-hydrogen) atoms. The number of carboxylic acids is 1. The molecular formula is C8H12N2O4S. The Kier molecular flexibility index (Phi) is 4.29. The van der Waals surface area contributed by atoms with Gasteiger partial charge in [-0.2, -0.15) is 4.98 Å². The summed E-state index contributed by atoms with van der Waals surface area (Å²) in [6.07, 6.45) is 3.42. The van der Waals surface area contributed by atoms with E-state index in [0.717, 1.165) is 6.26 Å². The Bertz CT molecular complexity index is 363. The van der Waals surface area contributed by atoms with Gasteiger partial charge >= 0.3 is 5.97 Å². The van der Waals surface area contributed by atoms with Crippen LogP contribution < -0.4 is 5.32 Å². The predicted octanol–water partition coefficient (Wildman–Crippen LogP) is 0.553. The quantitative estimate of drug-likeness (QED) is 0.696. The molecule has 2 N–H and O–H groups in total. The maximum atomic E-state index is 10.7. The molecule has 6 nitrogen and oxygen atoms in total. The molecule has 84 valence electrons. The lowest BCUT2D eigenvalue weighted by Crippen LogP contribution is -2.06. The van der Waals surface area contributed by atoms with Gasteiger partial charge in [0.2, 0.25) is 0 Å². The lowest BCUT2D eigenvalue weighted by Gasteiger charge is -1.99. The molecule has 1 heterocycles. The van der Waals surface area contributed by atoms with Gasteiger partial charge in [-0.15, -0.1) is 0 Å². The van der Waals surface area contributed by atoms with Gasteiger partial charge in [0, 0.05) is 29.4 Å². The number of carboxylic acid groups (broad SMARTS) is 1. The van der Waals surface area contributed by atoms with E-state index in [1.807, 2.05) is 0 Å². The van der Waals surface area contributed by atoms with E-state index in [2.05, 4.69) is 10.3 Å². The summed E-state index contributed by atoms with van der Waals surface area (Å²) in [6.45, 7) is 0.555. The molecule has 1 aromatic rings. The van der Waals surface area contributed by atoms with Gasteiger partial charge in [-0.05, 0) is 6.42 Å². The maximum absolute atomic E-state index is 10.7. The molecule has 1 aromatic heterocycles. The van der Waals surface area contributed by atoms with Crippen LogP contribution in [0.4, 0.5) is 6.01 Å². The van der Waals surface area contributed by atoms with Crippen molar-refractivity contribution >= 4 is 22.8 Å². The van der Waals surface area contributed by atoms with Crippen molar-refractivity contribution in [2.24, 2.45) is 0 Å². The normalized spacial score (nSPS) is 12.3. The van der Waals surface area contributed by atoms with E-state index in [1.54, 1.807) is 6.26 Å². The number of anilines is 1. The first-order valence-electron chi connectivity index (χ1n) is 4.32. The van der Waals surface area contributed by atoms with Crippen molar-refractivity contribution in [2.75, 3.05) is 23.9 Å². The van der Waals surface area contributed by atoms with Crippen molar-refractivity contribution in [2.45, 2.75) is 6.42 Å². The number of hydrogen-bond acceptors (Lipinski definition) is 5. The van der Waals surface area contributed by atoms with Gasteiger partial charge in [0.05, 0.1) is 0 Å². The zero-order chi connectivity index (χ0) is 11.3. The number of nitrogens with zero attached hydrogens (tertiary/aromatic N) is 1. The second kappa shape index (κ2) is 5.50. The predicted molar refractivity (Wildman–Crippen MR) is 55.5 cm³/mol. The third-order valence-electron chi connectivity index (χ3n) is 1.61. The third kappa shape index (κ3) is 4.11. The van der Waals surface area contributed by atoms with Crippen molar-refractivity contribution in [1.82, 2.24) is 4.98 Å². The largest absolute Gasteiger partial charge is 0.476 e. The molecule has 0 aliphatic rings. The monoisotopic (exact) mass is 232 g/mol. The number of oxazole rings is 1. The molecule has 0 saturated carbocycles. The van der Waals surface area contributed by atoms with Gasteiger partial charge in [-0.3, -0.25) is 4.21 Å². The number of rotatable bonds is 6. The van der Waals surface area contributed by atoms with E-state index in [1.165, 1.54) is 0 Å². The Balaban J connectivity index is 2.31. The molecular weight excluding hydrogens is 220 g/mol. The summed E-state index contributed by atoms with van der Waals surface area (Å²) in [6, 6.07) is 0.175. The SMILES string of the molecule is CS(=O)CCCNc1nc(C(=O)O)co1. The molecule has 1 rings (SSSR count). The van der Waals surface area contributed by atoms with E-state index in [9.17, 15) is 9.00 Å². The molecule has 0 bridgehead atoms. The average Bonchev–Trinajstić information content (AvgIpc) is 2.60. The maximum Gasteiger partial charge on any atom is 0.357 e. The first-order valence-corrected chi connectivity index (χ1v) is 6.05. The van der Waals surface area contributed by atoms with Crippen molar-refractivity contribution < 1.29 is 18.5 Å². The fourth-order valence-corrected chi connectivity index (χ4v) is 1.47. The van der Waals surface area contributed by atoms with E-state index < -0.39 is 16.8 Å². The summed E-state index contributed by atoms with van der Waals surface area (Å²) in [5, 5.41) is 11.4. The van der Waals surface area contributed by atoms with E-state index >= 15 is 0 Å². The van der Waals surface area contributed by atoms with E-state index in [4.69, 9.17) is 9.52 Å². The molecule has 1 atom stereocenters. The molecule has 0 aliphatic heterocycles. The Labute approximate surface area is 89.1 Å². The third-order valence-corrected chi connectivity index (χ3v) is 2.47. The molecule has 7 heteroatoms. The first-order chi connectivity index (χ1) is 7.09. The summed E-state index contributed by atoms with van der Waals surface area (Å²) < 4.78 is 15.6. The number of aromatic nitrogens is 1. The molecule has 0 aromatic carbocycles. The number of nitrogens with one attached hydrogen (secondary N) is 1. The molecule has 0 aliphatic carbocycles. The summed E-state index contributed by atoms with van der Waals surface area (Å²) >= 11 is 0. The van der Waals surface area contributed by atoms with Crippen LogP contribution in [0.25, 0.3) is 0 Å². The number of hydrogen-bond donors (Lipinski definition) is 2. The number of carbonyl (C=O) groups is 1. The molecule has 0 amide bonds.